The number of aryl methyl sites for hydroxylation is 1. The van der Waals surface area contributed by atoms with E-state index in [1.54, 1.807) is 20.8 Å². The zero-order valence-corrected chi connectivity index (χ0v) is 17.2. The number of carboxylic acid groups (broad SMARTS) is 1. The molecule has 0 spiro atoms. The molecule has 0 aliphatic rings. The second-order valence-electron chi connectivity index (χ2n) is 7.28. The third kappa shape index (κ3) is 6.29. The van der Waals surface area contributed by atoms with E-state index in [1.165, 1.54) is 24.4 Å². The quantitative estimate of drug-likeness (QED) is 0.569. The SMILES string of the molecule is CC(C)(C)OC(=O)n1cc(CCCNS(=O)(=O)c2cccc(C(=O)O)c2)nc1N. The van der Waals surface area contributed by atoms with E-state index in [-0.39, 0.29) is 23.0 Å². The van der Waals surface area contributed by atoms with Crippen LogP contribution >= 0.6 is 0 Å². The predicted octanol–water partition coefficient (Wildman–Crippen LogP) is 1.86. The normalized spacial score (nSPS) is 12.0. The highest BCUT2D eigenvalue weighted by atomic mass is 32.2. The minimum atomic E-state index is -3.85. The van der Waals surface area contributed by atoms with Crippen LogP contribution in [0.1, 0.15) is 43.2 Å². The molecule has 0 aliphatic carbocycles. The summed E-state index contributed by atoms with van der Waals surface area (Å²) in [7, 11) is -3.85. The Hall–Kier alpha value is -2.92. The zero-order chi connectivity index (χ0) is 21.8. The molecule has 4 N–H and O–H groups in total. The Kier molecular flexibility index (Phi) is 6.65. The number of carbonyl (C=O) groups excluding carboxylic acids is 1. The standard InChI is InChI=1S/C18H24N4O6S/c1-18(2,3)28-17(25)22-11-13(21-16(22)19)7-5-9-20-29(26,27)14-8-4-6-12(10-14)15(23)24/h4,6,8,10-11,20H,5,7,9H2,1-3H3,(H2,19,21)(H,23,24). The van der Waals surface area contributed by atoms with Gasteiger partial charge in [-0.1, -0.05) is 6.07 Å². The molecule has 0 bridgehead atoms. The van der Waals surface area contributed by atoms with Gasteiger partial charge in [-0.15, -0.1) is 0 Å². The second-order valence-corrected chi connectivity index (χ2v) is 9.04. The molecule has 29 heavy (non-hydrogen) atoms. The number of hydrogen-bond donors (Lipinski definition) is 3. The molecule has 0 amide bonds. The van der Waals surface area contributed by atoms with Crippen LogP contribution < -0.4 is 10.5 Å². The van der Waals surface area contributed by atoms with Crippen LogP contribution in [-0.4, -0.2) is 47.3 Å². The summed E-state index contributed by atoms with van der Waals surface area (Å²) < 4.78 is 33.3. The summed E-state index contributed by atoms with van der Waals surface area (Å²) in [4.78, 5) is 27.0. The van der Waals surface area contributed by atoms with Crippen LogP contribution in [0.4, 0.5) is 10.7 Å². The zero-order valence-electron chi connectivity index (χ0n) is 16.4. The lowest BCUT2D eigenvalue weighted by Crippen LogP contribution is -2.27. The number of ether oxygens (including phenoxy) is 1. The molecule has 2 aromatic rings. The number of aromatic carboxylic acids is 1. The Bertz CT molecular complexity index is 1010. The van der Waals surface area contributed by atoms with E-state index in [2.05, 4.69) is 9.71 Å². The van der Waals surface area contributed by atoms with Crippen molar-refractivity contribution >= 4 is 28.0 Å². The maximum Gasteiger partial charge on any atom is 0.421 e. The third-order valence-electron chi connectivity index (χ3n) is 3.67. The molecule has 158 valence electrons. The Morgan fingerprint density at radius 1 is 1.31 bits per heavy atom. The van der Waals surface area contributed by atoms with Gasteiger partial charge in [-0.05, 0) is 51.8 Å². The van der Waals surface area contributed by atoms with Gasteiger partial charge in [0, 0.05) is 12.7 Å². The number of rotatable bonds is 7. The van der Waals surface area contributed by atoms with Crippen molar-refractivity contribution in [2.45, 2.75) is 44.1 Å². The summed E-state index contributed by atoms with van der Waals surface area (Å²) in [5.74, 6) is -1.22. The van der Waals surface area contributed by atoms with Crippen molar-refractivity contribution in [3.8, 4) is 0 Å². The van der Waals surface area contributed by atoms with Crippen LogP contribution in [0.3, 0.4) is 0 Å². The van der Waals surface area contributed by atoms with Crippen molar-refractivity contribution in [2.24, 2.45) is 0 Å². The minimum absolute atomic E-state index is 0.0136. The highest BCUT2D eigenvalue weighted by molar-refractivity contribution is 7.89. The first-order chi connectivity index (χ1) is 13.4. The summed E-state index contributed by atoms with van der Waals surface area (Å²) in [6, 6.07) is 5.09. The summed E-state index contributed by atoms with van der Waals surface area (Å²) in [5.41, 5.74) is 5.46. The van der Waals surface area contributed by atoms with Crippen molar-refractivity contribution in [3.05, 3.63) is 41.7 Å². The van der Waals surface area contributed by atoms with Crippen molar-refractivity contribution in [1.82, 2.24) is 14.3 Å². The van der Waals surface area contributed by atoms with Crippen molar-refractivity contribution in [2.75, 3.05) is 12.3 Å². The number of nitrogens with zero attached hydrogens (tertiary/aromatic N) is 2. The van der Waals surface area contributed by atoms with Crippen molar-refractivity contribution < 1.29 is 27.9 Å². The molecule has 0 fully saturated rings. The average molecular weight is 424 g/mol. The molecular formula is C18H24N4O6S. The van der Waals surface area contributed by atoms with Gasteiger partial charge in [0.25, 0.3) is 0 Å². The minimum Gasteiger partial charge on any atom is -0.478 e. The van der Waals surface area contributed by atoms with E-state index in [0.717, 1.165) is 10.6 Å². The van der Waals surface area contributed by atoms with E-state index in [1.807, 2.05) is 0 Å². The molecule has 1 aromatic heterocycles. The Morgan fingerprint density at radius 3 is 2.62 bits per heavy atom. The topological polar surface area (TPSA) is 154 Å². The number of anilines is 1. The summed E-state index contributed by atoms with van der Waals surface area (Å²) >= 11 is 0. The summed E-state index contributed by atoms with van der Waals surface area (Å²) in [6.45, 7) is 5.30. The Morgan fingerprint density at radius 2 is 2.00 bits per heavy atom. The monoisotopic (exact) mass is 424 g/mol. The van der Waals surface area contributed by atoms with Crippen LogP contribution in [0, 0.1) is 0 Å². The first-order valence-electron chi connectivity index (χ1n) is 8.79. The molecule has 0 saturated carbocycles. The van der Waals surface area contributed by atoms with E-state index < -0.39 is 27.7 Å². The highest BCUT2D eigenvalue weighted by Gasteiger charge is 2.20. The van der Waals surface area contributed by atoms with Gasteiger partial charge >= 0.3 is 12.1 Å². The third-order valence-corrected chi connectivity index (χ3v) is 5.13. The van der Waals surface area contributed by atoms with E-state index in [0.29, 0.717) is 18.5 Å². The van der Waals surface area contributed by atoms with E-state index >= 15 is 0 Å². The molecular weight excluding hydrogens is 400 g/mol. The number of carbonyl (C=O) groups is 2. The van der Waals surface area contributed by atoms with Gasteiger partial charge in [0.15, 0.2) is 0 Å². The lowest BCUT2D eigenvalue weighted by atomic mass is 10.2. The highest BCUT2D eigenvalue weighted by Crippen LogP contribution is 2.14. The lowest BCUT2D eigenvalue weighted by Gasteiger charge is -2.19. The maximum absolute atomic E-state index is 12.3. The van der Waals surface area contributed by atoms with E-state index in [9.17, 15) is 18.0 Å². The fraction of sp³-hybridized carbons (Fsp3) is 0.389. The van der Waals surface area contributed by atoms with Gasteiger partial charge in [0.05, 0.1) is 16.2 Å². The van der Waals surface area contributed by atoms with Crippen molar-refractivity contribution in [1.29, 1.82) is 0 Å². The molecule has 0 atom stereocenters. The largest absolute Gasteiger partial charge is 0.478 e. The molecule has 1 aromatic carbocycles. The molecule has 0 aliphatic heterocycles. The number of sulfonamides is 1. The molecule has 0 unspecified atom stereocenters. The van der Waals surface area contributed by atoms with Crippen molar-refractivity contribution in [3.63, 3.8) is 0 Å². The first kappa shape index (κ1) is 22.4. The first-order valence-corrected chi connectivity index (χ1v) is 10.3. The Labute approximate surface area is 168 Å². The number of nitrogen functional groups attached to an aromatic ring is 1. The Balaban J connectivity index is 1.94. The molecule has 10 nitrogen and oxygen atoms in total. The fourth-order valence-corrected chi connectivity index (χ4v) is 3.50. The van der Waals surface area contributed by atoms with Gasteiger partial charge in [0.1, 0.15) is 5.60 Å². The molecule has 0 radical (unpaired) electrons. The number of hydrogen-bond acceptors (Lipinski definition) is 7. The number of nitrogens with two attached hydrogens (primary N) is 1. The van der Waals surface area contributed by atoms with Gasteiger partial charge in [-0.3, -0.25) is 0 Å². The number of aromatic nitrogens is 2. The van der Waals surface area contributed by atoms with Gasteiger partial charge < -0.3 is 15.6 Å². The van der Waals surface area contributed by atoms with Crippen LogP contribution in [-0.2, 0) is 21.2 Å². The second kappa shape index (κ2) is 8.62. The predicted molar refractivity (Wildman–Crippen MR) is 105 cm³/mol. The maximum atomic E-state index is 12.3. The summed E-state index contributed by atoms with van der Waals surface area (Å²) in [5, 5.41) is 8.97. The number of imidazole rings is 1. The lowest BCUT2D eigenvalue weighted by molar-refractivity contribution is 0.0539. The molecule has 0 saturated heterocycles. The molecule has 2 rings (SSSR count). The van der Waals surface area contributed by atoms with Crippen LogP contribution in [0.25, 0.3) is 0 Å². The van der Waals surface area contributed by atoms with Crippen LogP contribution in [0.5, 0.6) is 0 Å². The van der Waals surface area contributed by atoms with Gasteiger partial charge in [-0.25, -0.2) is 32.3 Å². The summed E-state index contributed by atoms with van der Waals surface area (Å²) in [6.07, 6.45) is 1.57. The number of benzene rings is 1. The number of nitrogens with one attached hydrogen (secondary N) is 1. The fourth-order valence-electron chi connectivity index (χ4n) is 2.38. The molecule has 1 heterocycles. The average Bonchev–Trinajstić information content (AvgIpc) is 2.98. The van der Waals surface area contributed by atoms with Gasteiger partial charge in [-0.2, -0.15) is 0 Å². The van der Waals surface area contributed by atoms with E-state index in [4.69, 9.17) is 15.6 Å². The molecule has 11 heteroatoms. The van der Waals surface area contributed by atoms with Crippen LogP contribution in [0.15, 0.2) is 35.4 Å². The van der Waals surface area contributed by atoms with Crippen LogP contribution in [0.2, 0.25) is 0 Å². The number of carboxylic acids is 1. The van der Waals surface area contributed by atoms with Gasteiger partial charge in [0.2, 0.25) is 16.0 Å². The smallest absolute Gasteiger partial charge is 0.421 e.